The molecule has 1 N–H and O–H groups in total. The van der Waals surface area contributed by atoms with Crippen LogP contribution in [0.1, 0.15) is 5.56 Å². The summed E-state index contributed by atoms with van der Waals surface area (Å²) in [7, 11) is 5.58. The van der Waals surface area contributed by atoms with E-state index in [0.29, 0.717) is 16.5 Å². The molecule has 0 radical (unpaired) electrons. The molecule has 25 heavy (non-hydrogen) atoms. The van der Waals surface area contributed by atoms with E-state index >= 15 is 0 Å². The van der Waals surface area contributed by atoms with Gasteiger partial charge in [0.05, 0.1) is 12.8 Å². The van der Waals surface area contributed by atoms with Gasteiger partial charge in [0.25, 0.3) is 5.91 Å². The average Bonchev–Trinajstić information content (AvgIpc) is 2.89. The van der Waals surface area contributed by atoms with Crippen molar-refractivity contribution in [2.75, 3.05) is 31.0 Å². The molecule has 5 nitrogen and oxygen atoms in total. The monoisotopic (exact) mass is 353 g/mol. The summed E-state index contributed by atoms with van der Waals surface area (Å²) in [6.07, 6.45) is 1.80. The summed E-state index contributed by atoms with van der Waals surface area (Å²) in [5.74, 6) is 0.554. The molecule has 0 saturated carbocycles. The molecular formula is C19H19N3O2S. The van der Waals surface area contributed by atoms with Crippen LogP contribution in [-0.2, 0) is 4.79 Å². The Kier molecular flexibility index (Phi) is 4.72. The van der Waals surface area contributed by atoms with Crippen LogP contribution >= 0.6 is 12.2 Å². The lowest BCUT2D eigenvalue weighted by Gasteiger charge is -2.14. The zero-order valence-electron chi connectivity index (χ0n) is 14.3. The number of hydrogen-bond acceptors (Lipinski definition) is 4. The summed E-state index contributed by atoms with van der Waals surface area (Å²) >= 11 is 5.32. The van der Waals surface area contributed by atoms with Crippen molar-refractivity contribution in [3.63, 3.8) is 0 Å². The minimum absolute atomic E-state index is 0.174. The number of nitrogens with one attached hydrogen (secondary N) is 1. The summed E-state index contributed by atoms with van der Waals surface area (Å²) < 4.78 is 5.15. The number of anilines is 2. The van der Waals surface area contributed by atoms with E-state index in [2.05, 4.69) is 5.32 Å². The maximum atomic E-state index is 12.7. The lowest BCUT2D eigenvalue weighted by molar-refractivity contribution is -0.113. The molecule has 1 saturated heterocycles. The summed E-state index contributed by atoms with van der Waals surface area (Å²) in [5.41, 5.74) is 3.19. The van der Waals surface area contributed by atoms with Crippen LogP contribution < -0.4 is 19.9 Å². The van der Waals surface area contributed by atoms with Gasteiger partial charge in [-0.1, -0.05) is 12.1 Å². The van der Waals surface area contributed by atoms with Gasteiger partial charge in [0, 0.05) is 19.8 Å². The molecule has 0 aliphatic carbocycles. The molecule has 1 fully saturated rings. The molecule has 2 aromatic rings. The molecule has 2 aromatic carbocycles. The molecule has 6 heteroatoms. The molecule has 1 amide bonds. The van der Waals surface area contributed by atoms with Gasteiger partial charge < -0.3 is 15.0 Å². The molecule has 0 spiro atoms. The second kappa shape index (κ2) is 6.94. The lowest BCUT2D eigenvalue weighted by atomic mass is 10.1. The highest BCUT2D eigenvalue weighted by atomic mass is 32.1. The molecule has 0 bridgehead atoms. The first kappa shape index (κ1) is 17.0. The Hall–Kier alpha value is -2.86. The van der Waals surface area contributed by atoms with Crippen molar-refractivity contribution >= 4 is 40.7 Å². The number of hydrogen-bond donors (Lipinski definition) is 1. The normalized spacial score (nSPS) is 15.5. The number of benzene rings is 2. The van der Waals surface area contributed by atoms with Crippen molar-refractivity contribution in [3.05, 3.63) is 59.8 Å². The van der Waals surface area contributed by atoms with E-state index in [0.717, 1.165) is 17.0 Å². The maximum absolute atomic E-state index is 12.7. The number of carbonyl (C=O) groups excluding carboxylic acids is 1. The van der Waals surface area contributed by atoms with Crippen LogP contribution in [0.2, 0.25) is 0 Å². The van der Waals surface area contributed by atoms with Gasteiger partial charge in [-0.2, -0.15) is 0 Å². The maximum Gasteiger partial charge on any atom is 0.281 e. The fourth-order valence-electron chi connectivity index (χ4n) is 2.54. The summed E-state index contributed by atoms with van der Waals surface area (Å²) in [6, 6.07) is 15.2. The highest BCUT2D eigenvalue weighted by Crippen LogP contribution is 2.25. The predicted molar refractivity (Wildman–Crippen MR) is 105 cm³/mol. The van der Waals surface area contributed by atoms with Crippen molar-refractivity contribution in [2.24, 2.45) is 0 Å². The topological polar surface area (TPSA) is 44.8 Å². The Morgan fingerprint density at radius 2 is 1.72 bits per heavy atom. The van der Waals surface area contributed by atoms with E-state index in [-0.39, 0.29) is 5.91 Å². The van der Waals surface area contributed by atoms with Gasteiger partial charge in [-0.05, 0) is 60.3 Å². The summed E-state index contributed by atoms with van der Waals surface area (Å²) in [6.45, 7) is 0. The quantitative estimate of drug-likeness (QED) is 0.676. The number of carbonyl (C=O) groups is 1. The Morgan fingerprint density at radius 3 is 2.28 bits per heavy atom. The van der Waals surface area contributed by atoms with Crippen LogP contribution in [0.4, 0.5) is 11.4 Å². The van der Waals surface area contributed by atoms with Crippen LogP contribution in [-0.4, -0.2) is 32.2 Å². The number of ether oxygens (including phenoxy) is 1. The third-order valence-corrected chi connectivity index (χ3v) is 4.21. The van der Waals surface area contributed by atoms with Gasteiger partial charge in [0.1, 0.15) is 11.4 Å². The van der Waals surface area contributed by atoms with E-state index in [1.54, 1.807) is 37.5 Å². The Morgan fingerprint density at radius 1 is 1.08 bits per heavy atom. The van der Waals surface area contributed by atoms with Crippen molar-refractivity contribution < 1.29 is 9.53 Å². The minimum atomic E-state index is -0.174. The van der Waals surface area contributed by atoms with Crippen LogP contribution in [0.15, 0.2) is 54.2 Å². The van der Waals surface area contributed by atoms with E-state index < -0.39 is 0 Å². The molecule has 1 aliphatic rings. The molecule has 0 atom stereocenters. The molecule has 0 unspecified atom stereocenters. The number of rotatable bonds is 4. The number of methoxy groups -OCH3 is 1. The second-order valence-electron chi connectivity index (χ2n) is 5.81. The Bertz CT molecular complexity index is 827. The fourth-order valence-corrected chi connectivity index (χ4v) is 2.83. The highest BCUT2D eigenvalue weighted by molar-refractivity contribution is 7.80. The highest BCUT2D eigenvalue weighted by Gasteiger charge is 2.31. The van der Waals surface area contributed by atoms with Gasteiger partial charge in [-0.25, -0.2) is 0 Å². The van der Waals surface area contributed by atoms with Crippen LogP contribution in [0, 0.1) is 0 Å². The van der Waals surface area contributed by atoms with Crippen molar-refractivity contribution in [3.8, 4) is 5.75 Å². The average molecular weight is 353 g/mol. The molecule has 0 aromatic heterocycles. The Labute approximate surface area is 152 Å². The number of nitrogens with zero attached hydrogens (tertiary/aromatic N) is 2. The first-order valence-electron chi connectivity index (χ1n) is 7.78. The van der Waals surface area contributed by atoms with Gasteiger partial charge in [0.2, 0.25) is 0 Å². The van der Waals surface area contributed by atoms with Gasteiger partial charge in [-0.3, -0.25) is 9.69 Å². The van der Waals surface area contributed by atoms with Gasteiger partial charge >= 0.3 is 0 Å². The van der Waals surface area contributed by atoms with Crippen molar-refractivity contribution in [1.29, 1.82) is 0 Å². The summed E-state index contributed by atoms with van der Waals surface area (Å²) in [5, 5.41) is 3.36. The smallest absolute Gasteiger partial charge is 0.281 e. The van der Waals surface area contributed by atoms with Crippen molar-refractivity contribution in [1.82, 2.24) is 5.32 Å². The largest absolute Gasteiger partial charge is 0.497 e. The fraction of sp³-hybridized carbons (Fsp3) is 0.158. The predicted octanol–water partition coefficient (Wildman–Crippen LogP) is 3.02. The van der Waals surface area contributed by atoms with Crippen LogP contribution in [0.5, 0.6) is 5.75 Å². The van der Waals surface area contributed by atoms with Crippen molar-refractivity contribution in [2.45, 2.75) is 0 Å². The molecule has 1 heterocycles. The van der Waals surface area contributed by atoms with E-state index in [1.807, 2.05) is 43.3 Å². The van der Waals surface area contributed by atoms with E-state index in [1.165, 1.54) is 4.90 Å². The van der Waals surface area contributed by atoms with Crippen LogP contribution in [0.3, 0.4) is 0 Å². The lowest BCUT2D eigenvalue weighted by Crippen LogP contribution is -2.30. The zero-order chi connectivity index (χ0) is 18.0. The molecule has 1 aliphatic heterocycles. The third kappa shape index (κ3) is 3.49. The SMILES string of the molecule is COc1ccc(N2C(=O)/C(=C/c3ccc(N(C)C)cc3)NC2=S)cc1. The van der Waals surface area contributed by atoms with E-state index in [4.69, 9.17) is 17.0 Å². The van der Waals surface area contributed by atoms with E-state index in [9.17, 15) is 4.79 Å². The molecule has 128 valence electrons. The number of amides is 1. The standard InChI is InChI=1S/C19H19N3O2S/c1-21(2)14-6-4-13(5-7-14)12-17-18(23)22(19(25)20-17)15-8-10-16(24-3)11-9-15/h4-12H,1-3H3,(H,20,25)/b17-12-. The first-order valence-corrected chi connectivity index (χ1v) is 8.19. The third-order valence-electron chi connectivity index (χ3n) is 3.93. The van der Waals surface area contributed by atoms with Gasteiger partial charge in [-0.15, -0.1) is 0 Å². The second-order valence-corrected chi connectivity index (χ2v) is 6.20. The minimum Gasteiger partial charge on any atom is -0.497 e. The molecular weight excluding hydrogens is 334 g/mol. The molecule has 3 rings (SSSR count). The summed E-state index contributed by atoms with van der Waals surface area (Å²) in [4.78, 5) is 16.2. The Balaban J connectivity index is 1.84. The zero-order valence-corrected chi connectivity index (χ0v) is 15.1. The first-order chi connectivity index (χ1) is 12.0. The number of thiocarbonyl (C=S) groups is 1. The van der Waals surface area contributed by atoms with Gasteiger partial charge in [0.15, 0.2) is 5.11 Å². The van der Waals surface area contributed by atoms with Crippen LogP contribution in [0.25, 0.3) is 6.08 Å².